The number of thioether (sulfide) groups is 1. The van der Waals surface area contributed by atoms with Crippen LogP contribution in [0.5, 0.6) is 0 Å². The molecule has 0 spiro atoms. The average Bonchev–Trinajstić information content (AvgIpc) is 2.72. The van der Waals surface area contributed by atoms with E-state index in [0.717, 1.165) is 41.9 Å². The van der Waals surface area contributed by atoms with E-state index in [-0.39, 0.29) is 23.9 Å². The molecule has 1 aromatic carbocycles. The summed E-state index contributed by atoms with van der Waals surface area (Å²) in [4.78, 5) is 24.5. The molecule has 0 aliphatic rings. The standard InChI is InChI=1S/C23H38N2O4S/c1-22(2,17-30-15-14-26)12-7-13-23(3,21(28)25-24-4)19-9-6-8-18(16-19)10-11-20(27)29-5/h6,8-9,16,24,26H,7,10-15,17H2,1-5H3,(H,25,28). The van der Waals surface area contributed by atoms with E-state index in [2.05, 4.69) is 24.7 Å². The molecule has 1 aromatic rings. The van der Waals surface area contributed by atoms with Gasteiger partial charge < -0.3 is 9.84 Å². The Balaban J connectivity index is 2.92. The van der Waals surface area contributed by atoms with Gasteiger partial charge in [0.1, 0.15) is 0 Å². The number of rotatable bonds is 14. The molecule has 0 saturated heterocycles. The van der Waals surface area contributed by atoms with E-state index in [0.29, 0.717) is 12.8 Å². The molecule has 1 unspecified atom stereocenters. The Morgan fingerprint density at radius 1 is 1.20 bits per heavy atom. The summed E-state index contributed by atoms with van der Waals surface area (Å²) in [6.07, 6.45) is 3.52. The fourth-order valence-corrected chi connectivity index (χ4v) is 4.43. The highest BCUT2D eigenvalue weighted by atomic mass is 32.2. The Hall–Kier alpha value is -1.57. The van der Waals surface area contributed by atoms with Gasteiger partial charge in [0.25, 0.3) is 0 Å². The molecule has 0 fully saturated rings. The van der Waals surface area contributed by atoms with Crippen molar-refractivity contribution in [3.05, 3.63) is 35.4 Å². The van der Waals surface area contributed by atoms with Crippen LogP contribution in [0.4, 0.5) is 0 Å². The van der Waals surface area contributed by atoms with Crippen LogP contribution in [-0.2, 0) is 26.2 Å². The third-order valence-electron chi connectivity index (χ3n) is 5.41. The van der Waals surface area contributed by atoms with Gasteiger partial charge in [0.2, 0.25) is 5.91 Å². The van der Waals surface area contributed by atoms with Crippen molar-refractivity contribution >= 4 is 23.6 Å². The number of methoxy groups -OCH3 is 1. The minimum atomic E-state index is -0.682. The number of nitrogens with one attached hydrogen (secondary N) is 2. The molecule has 0 aliphatic heterocycles. The van der Waals surface area contributed by atoms with Crippen molar-refractivity contribution in [3.63, 3.8) is 0 Å². The van der Waals surface area contributed by atoms with Gasteiger partial charge in [-0.1, -0.05) is 44.5 Å². The Kier molecular flexibility index (Phi) is 11.4. The molecule has 0 bridgehead atoms. The van der Waals surface area contributed by atoms with Gasteiger partial charge in [0.05, 0.1) is 19.1 Å². The first-order valence-electron chi connectivity index (χ1n) is 10.5. The number of hydrogen-bond acceptors (Lipinski definition) is 6. The van der Waals surface area contributed by atoms with Crippen LogP contribution in [-0.4, -0.2) is 49.3 Å². The van der Waals surface area contributed by atoms with E-state index < -0.39 is 5.41 Å². The lowest BCUT2D eigenvalue weighted by Crippen LogP contribution is -2.47. The number of aryl methyl sites for hydroxylation is 1. The molecule has 170 valence electrons. The lowest BCUT2D eigenvalue weighted by Gasteiger charge is -2.31. The number of amides is 1. The Bertz CT molecular complexity index is 681. The molecule has 7 heteroatoms. The summed E-state index contributed by atoms with van der Waals surface area (Å²) in [6.45, 7) is 6.65. The second-order valence-electron chi connectivity index (χ2n) is 8.61. The van der Waals surface area contributed by atoms with E-state index in [1.54, 1.807) is 18.8 Å². The third kappa shape index (κ3) is 8.66. The second-order valence-corrected chi connectivity index (χ2v) is 9.71. The first kappa shape index (κ1) is 26.5. The van der Waals surface area contributed by atoms with Crippen LogP contribution in [0.2, 0.25) is 0 Å². The lowest BCUT2D eigenvalue weighted by atomic mass is 9.75. The minimum Gasteiger partial charge on any atom is -0.469 e. The predicted octanol–water partition coefficient (Wildman–Crippen LogP) is 3.22. The summed E-state index contributed by atoms with van der Waals surface area (Å²) >= 11 is 1.76. The maximum Gasteiger partial charge on any atom is 0.305 e. The zero-order valence-electron chi connectivity index (χ0n) is 19.0. The Morgan fingerprint density at radius 2 is 1.93 bits per heavy atom. The Labute approximate surface area is 185 Å². The number of benzene rings is 1. The van der Waals surface area contributed by atoms with Gasteiger partial charge >= 0.3 is 5.97 Å². The molecular weight excluding hydrogens is 400 g/mol. The summed E-state index contributed by atoms with van der Waals surface area (Å²) in [6, 6.07) is 7.94. The number of ether oxygens (including phenoxy) is 1. The van der Waals surface area contributed by atoms with Crippen molar-refractivity contribution in [2.45, 2.75) is 58.3 Å². The van der Waals surface area contributed by atoms with Crippen molar-refractivity contribution < 1.29 is 19.4 Å². The van der Waals surface area contributed by atoms with Crippen molar-refractivity contribution in [1.29, 1.82) is 0 Å². The van der Waals surface area contributed by atoms with E-state index in [4.69, 9.17) is 9.84 Å². The zero-order chi connectivity index (χ0) is 22.6. The molecule has 0 heterocycles. The predicted molar refractivity (Wildman–Crippen MR) is 123 cm³/mol. The summed E-state index contributed by atoms with van der Waals surface area (Å²) in [5.74, 6) is 1.43. The SMILES string of the molecule is CNNC(=O)C(C)(CCCC(C)(C)CSCCO)c1cccc(CCC(=O)OC)c1. The van der Waals surface area contributed by atoms with E-state index in [1.807, 2.05) is 31.2 Å². The van der Waals surface area contributed by atoms with Gasteiger partial charge in [-0.05, 0) is 48.5 Å². The number of aliphatic hydroxyl groups is 1. The lowest BCUT2D eigenvalue weighted by molar-refractivity contribution is -0.140. The topological polar surface area (TPSA) is 87.7 Å². The van der Waals surface area contributed by atoms with Crippen LogP contribution in [0.1, 0.15) is 57.6 Å². The molecule has 30 heavy (non-hydrogen) atoms. The number of esters is 1. The van der Waals surface area contributed by atoms with Gasteiger partial charge in [-0.3, -0.25) is 15.0 Å². The van der Waals surface area contributed by atoms with Crippen molar-refractivity contribution in [2.24, 2.45) is 5.41 Å². The molecule has 1 atom stereocenters. The molecule has 0 aromatic heterocycles. The minimum absolute atomic E-state index is 0.0671. The molecule has 1 amide bonds. The molecule has 0 radical (unpaired) electrons. The average molecular weight is 439 g/mol. The highest BCUT2D eigenvalue weighted by molar-refractivity contribution is 7.99. The van der Waals surface area contributed by atoms with Gasteiger partial charge in [0, 0.05) is 19.2 Å². The van der Waals surface area contributed by atoms with Crippen LogP contribution in [0, 0.1) is 5.41 Å². The Morgan fingerprint density at radius 3 is 2.57 bits per heavy atom. The first-order valence-corrected chi connectivity index (χ1v) is 11.7. The van der Waals surface area contributed by atoms with Crippen molar-refractivity contribution in [1.82, 2.24) is 10.9 Å². The van der Waals surface area contributed by atoms with E-state index in [1.165, 1.54) is 7.11 Å². The molecule has 3 N–H and O–H groups in total. The van der Waals surface area contributed by atoms with E-state index in [9.17, 15) is 9.59 Å². The van der Waals surface area contributed by atoms with E-state index >= 15 is 0 Å². The monoisotopic (exact) mass is 438 g/mol. The number of aliphatic hydroxyl groups excluding tert-OH is 1. The number of hydrazine groups is 1. The van der Waals surface area contributed by atoms with Crippen LogP contribution < -0.4 is 10.9 Å². The zero-order valence-corrected chi connectivity index (χ0v) is 19.9. The van der Waals surface area contributed by atoms with Crippen molar-refractivity contribution in [3.8, 4) is 0 Å². The number of carbonyl (C=O) groups excluding carboxylic acids is 2. The smallest absolute Gasteiger partial charge is 0.305 e. The van der Waals surface area contributed by atoms with Gasteiger partial charge in [0.15, 0.2) is 0 Å². The van der Waals surface area contributed by atoms with Gasteiger partial charge in [-0.15, -0.1) is 0 Å². The van der Waals surface area contributed by atoms with Gasteiger partial charge in [-0.25, -0.2) is 5.43 Å². The summed E-state index contributed by atoms with van der Waals surface area (Å²) in [5.41, 5.74) is 6.94. The molecular formula is C23H38N2O4S. The maximum absolute atomic E-state index is 13.0. The summed E-state index contributed by atoms with van der Waals surface area (Å²) in [5, 5.41) is 8.99. The normalized spacial score (nSPS) is 13.5. The van der Waals surface area contributed by atoms with Crippen LogP contribution in [0.3, 0.4) is 0 Å². The molecule has 0 saturated carbocycles. The molecule has 0 aliphatic carbocycles. The number of hydrogen-bond donors (Lipinski definition) is 3. The molecule has 1 rings (SSSR count). The first-order chi connectivity index (χ1) is 14.2. The fraction of sp³-hybridized carbons (Fsp3) is 0.652. The maximum atomic E-state index is 13.0. The van der Waals surface area contributed by atoms with Crippen LogP contribution in [0.25, 0.3) is 0 Å². The third-order valence-corrected chi connectivity index (χ3v) is 6.86. The quantitative estimate of drug-likeness (QED) is 0.235. The molecule has 6 nitrogen and oxygen atoms in total. The van der Waals surface area contributed by atoms with Crippen LogP contribution >= 0.6 is 11.8 Å². The highest BCUT2D eigenvalue weighted by Crippen LogP contribution is 2.35. The highest BCUT2D eigenvalue weighted by Gasteiger charge is 2.35. The second kappa shape index (κ2) is 13.0. The summed E-state index contributed by atoms with van der Waals surface area (Å²) < 4.78 is 4.73. The summed E-state index contributed by atoms with van der Waals surface area (Å²) in [7, 11) is 3.08. The largest absolute Gasteiger partial charge is 0.469 e. The van der Waals surface area contributed by atoms with Gasteiger partial charge in [-0.2, -0.15) is 11.8 Å². The fourth-order valence-electron chi connectivity index (χ4n) is 3.46. The van der Waals surface area contributed by atoms with Crippen LogP contribution in [0.15, 0.2) is 24.3 Å². The van der Waals surface area contributed by atoms with Crippen molar-refractivity contribution in [2.75, 3.05) is 32.3 Å². The number of carbonyl (C=O) groups is 2.